The Balaban J connectivity index is 1.33. The summed E-state index contributed by atoms with van der Waals surface area (Å²) in [6.07, 6.45) is -1.62. The van der Waals surface area contributed by atoms with E-state index in [1.54, 1.807) is 19.2 Å². The van der Waals surface area contributed by atoms with Crippen molar-refractivity contribution in [2.45, 2.75) is 26.6 Å². The van der Waals surface area contributed by atoms with Crippen molar-refractivity contribution in [1.29, 1.82) is 0 Å². The van der Waals surface area contributed by atoms with Crippen LogP contribution in [0.15, 0.2) is 66.3 Å². The quantitative estimate of drug-likeness (QED) is 0.208. The van der Waals surface area contributed by atoms with Crippen LogP contribution in [-0.2, 0) is 12.7 Å². The molecule has 44 heavy (non-hydrogen) atoms. The monoisotopic (exact) mass is 625 g/mol. The first-order valence-electron chi connectivity index (χ1n) is 14.1. The number of anilines is 2. The summed E-state index contributed by atoms with van der Waals surface area (Å²) in [5.41, 5.74) is 0.251. The van der Waals surface area contributed by atoms with Crippen molar-refractivity contribution in [2.24, 2.45) is 0 Å². The van der Waals surface area contributed by atoms with E-state index in [0.717, 1.165) is 42.2 Å². The van der Waals surface area contributed by atoms with Crippen LogP contribution < -0.4 is 10.6 Å². The molecular formula is C32H31F4N5O2S. The average molecular weight is 626 g/mol. The number of rotatable bonds is 8. The number of hydrogen-bond donors (Lipinski definition) is 2. The standard InChI is InChI=1S/C32H31F4N5O2S/c1-3-40-8-10-41(11-9-40)19-21-6-7-24(15-26(21)32(34,35)36)38-31(43)25-16-28(20(2)13-27(25)33)39-30(42)23-14-22(17-37-18-23)29-5-4-12-44-29/h4-7,12-18H,3,8-11,19H2,1-2H3,(H,38,43)(H,39,42). The van der Waals surface area contributed by atoms with E-state index < -0.39 is 34.9 Å². The van der Waals surface area contributed by atoms with E-state index in [4.69, 9.17) is 0 Å². The second-order valence-electron chi connectivity index (χ2n) is 10.6. The van der Waals surface area contributed by atoms with Gasteiger partial charge < -0.3 is 15.5 Å². The second kappa shape index (κ2) is 13.2. The highest BCUT2D eigenvalue weighted by Gasteiger charge is 2.34. The van der Waals surface area contributed by atoms with Gasteiger partial charge in [0.05, 0.1) is 16.7 Å². The van der Waals surface area contributed by atoms with Crippen LogP contribution in [-0.4, -0.2) is 59.3 Å². The molecular weight excluding hydrogens is 594 g/mol. The molecule has 0 bridgehead atoms. The number of benzene rings is 2. The summed E-state index contributed by atoms with van der Waals surface area (Å²) in [4.78, 5) is 35.4. The molecule has 2 aromatic heterocycles. The Morgan fingerprint density at radius 1 is 0.955 bits per heavy atom. The Morgan fingerprint density at radius 2 is 1.70 bits per heavy atom. The van der Waals surface area contributed by atoms with Crippen LogP contribution in [0, 0.1) is 12.7 Å². The van der Waals surface area contributed by atoms with Gasteiger partial charge in [0.1, 0.15) is 5.82 Å². The largest absolute Gasteiger partial charge is 0.416 e. The van der Waals surface area contributed by atoms with Gasteiger partial charge in [-0.25, -0.2) is 4.39 Å². The molecule has 0 saturated carbocycles. The van der Waals surface area contributed by atoms with Crippen LogP contribution in [0.25, 0.3) is 10.4 Å². The minimum Gasteiger partial charge on any atom is -0.322 e. The first-order valence-corrected chi connectivity index (χ1v) is 15.0. The van der Waals surface area contributed by atoms with E-state index in [-0.39, 0.29) is 29.0 Å². The molecule has 0 atom stereocenters. The minimum atomic E-state index is -4.65. The predicted molar refractivity (Wildman–Crippen MR) is 163 cm³/mol. The smallest absolute Gasteiger partial charge is 0.322 e. The number of pyridine rings is 1. The number of halogens is 4. The molecule has 2 aromatic carbocycles. The van der Waals surface area contributed by atoms with Crippen LogP contribution in [0.3, 0.4) is 0 Å². The van der Waals surface area contributed by atoms with Gasteiger partial charge in [-0.05, 0) is 66.4 Å². The SMILES string of the molecule is CCN1CCN(Cc2ccc(NC(=O)c3cc(NC(=O)c4cncc(-c5cccs5)c4)c(C)cc3F)cc2C(F)(F)F)CC1. The summed E-state index contributed by atoms with van der Waals surface area (Å²) in [6.45, 7) is 7.53. The summed E-state index contributed by atoms with van der Waals surface area (Å²) in [7, 11) is 0. The van der Waals surface area contributed by atoms with E-state index in [2.05, 4.69) is 20.5 Å². The Hall–Kier alpha value is -4.13. The lowest BCUT2D eigenvalue weighted by molar-refractivity contribution is -0.138. The maximum Gasteiger partial charge on any atom is 0.416 e. The van der Waals surface area contributed by atoms with Crippen molar-refractivity contribution < 1.29 is 27.2 Å². The van der Waals surface area contributed by atoms with Gasteiger partial charge >= 0.3 is 6.18 Å². The third-order valence-corrected chi connectivity index (χ3v) is 8.51. The molecule has 5 rings (SSSR count). The molecule has 0 unspecified atom stereocenters. The summed E-state index contributed by atoms with van der Waals surface area (Å²) in [5.74, 6) is -2.34. The number of aromatic nitrogens is 1. The molecule has 2 N–H and O–H groups in total. The summed E-state index contributed by atoms with van der Waals surface area (Å²) in [6, 6.07) is 11.3. The highest BCUT2D eigenvalue weighted by Crippen LogP contribution is 2.35. The number of alkyl halides is 3. The Bertz CT molecular complexity index is 1650. The highest BCUT2D eigenvalue weighted by atomic mass is 32.1. The third-order valence-electron chi connectivity index (χ3n) is 7.59. The van der Waals surface area contributed by atoms with Crippen LogP contribution in [0.5, 0.6) is 0 Å². The number of carbonyl (C=O) groups is 2. The fraction of sp³-hybridized carbons (Fsp3) is 0.281. The lowest BCUT2D eigenvalue weighted by atomic mass is 10.0. The van der Waals surface area contributed by atoms with E-state index >= 15 is 0 Å². The number of piperazine rings is 1. The molecule has 1 aliphatic rings. The van der Waals surface area contributed by atoms with Gasteiger partial charge in [-0.2, -0.15) is 13.2 Å². The highest BCUT2D eigenvalue weighted by molar-refractivity contribution is 7.13. The lowest BCUT2D eigenvalue weighted by Gasteiger charge is -2.34. The summed E-state index contributed by atoms with van der Waals surface area (Å²) >= 11 is 1.50. The first-order chi connectivity index (χ1) is 21.0. The molecule has 230 valence electrons. The van der Waals surface area contributed by atoms with Crippen molar-refractivity contribution in [3.05, 3.63) is 99.9 Å². The van der Waals surface area contributed by atoms with Crippen LogP contribution >= 0.6 is 11.3 Å². The maximum absolute atomic E-state index is 14.9. The minimum absolute atomic E-state index is 0.101. The van der Waals surface area contributed by atoms with Crippen molar-refractivity contribution in [2.75, 3.05) is 43.4 Å². The number of likely N-dealkylation sites (N-methyl/N-ethyl adjacent to an activating group) is 1. The lowest BCUT2D eigenvalue weighted by Crippen LogP contribution is -2.45. The zero-order valence-corrected chi connectivity index (χ0v) is 25.0. The molecule has 12 heteroatoms. The van der Waals surface area contributed by atoms with Gasteiger partial charge in [0.2, 0.25) is 0 Å². The fourth-order valence-corrected chi connectivity index (χ4v) is 5.79. The molecule has 3 heterocycles. The molecule has 1 saturated heterocycles. The van der Waals surface area contributed by atoms with Gasteiger partial charge in [0, 0.05) is 66.9 Å². The van der Waals surface area contributed by atoms with Crippen molar-refractivity contribution in [3.8, 4) is 10.4 Å². The number of thiophene rings is 1. The molecule has 0 radical (unpaired) electrons. The van der Waals surface area contributed by atoms with Gasteiger partial charge in [-0.1, -0.05) is 19.1 Å². The normalized spacial score (nSPS) is 14.4. The molecule has 0 aliphatic carbocycles. The van der Waals surface area contributed by atoms with Gasteiger partial charge in [0.25, 0.3) is 11.8 Å². The van der Waals surface area contributed by atoms with E-state index in [0.29, 0.717) is 18.7 Å². The predicted octanol–water partition coefficient (Wildman–Crippen LogP) is 6.92. The van der Waals surface area contributed by atoms with E-state index in [9.17, 15) is 27.2 Å². The number of aryl methyl sites for hydroxylation is 1. The molecule has 0 spiro atoms. The maximum atomic E-state index is 14.9. The Morgan fingerprint density at radius 3 is 2.39 bits per heavy atom. The van der Waals surface area contributed by atoms with Crippen molar-refractivity contribution in [3.63, 3.8) is 0 Å². The molecule has 1 fully saturated rings. The molecule has 7 nitrogen and oxygen atoms in total. The van der Waals surface area contributed by atoms with E-state index in [1.165, 1.54) is 35.7 Å². The van der Waals surface area contributed by atoms with Crippen LogP contribution in [0.4, 0.5) is 28.9 Å². The van der Waals surface area contributed by atoms with E-state index in [1.807, 2.05) is 29.3 Å². The fourth-order valence-electron chi connectivity index (χ4n) is 5.08. The number of hydrogen-bond acceptors (Lipinski definition) is 6. The summed E-state index contributed by atoms with van der Waals surface area (Å²) in [5, 5.41) is 6.99. The zero-order valence-electron chi connectivity index (χ0n) is 24.2. The molecule has 1 aliphatic heterocycles. The third kappa shape index (κ3) is 7.32. The Kier molecular flexibility index (Phi) is 9.42. The van der Waals surface area contributed by atoms with Crippen LogP contribution in [0.1, 0.15) is 44.3 Å². The van der Waals surface area contributed by atoms with Gasteiger partial charge in [-0.3, -0.25) is 19.5 Å². The number of nitrogens with zero attached hydrogens (tertiary/aromatic N) is 3. The number of amides is 2. The van der Waals surface area contributed by atoms with Gasteiger partial charge in [-0.15, -0.1) is 11.3 Å². The Labute approximate surface area is 256 Å². The number of nitrogens with one attached hydrogen (secondary N) is 2. The van der Waals surface area contributed by atoms with Gasteiger partial charge in [0.15, 0.2) is 0 Å². The molecule has 2 amide bonds. The van der Waals surface area contributed by atoms with Crippen LogP contribution in [0.2, 0.25) is 0 Å². The first kappa shape index (κ1) is 31.3. The second-order valence-corrected chi connectivity index (χ2v) is 11.5. The number of carbonyl (C=O) groups excluding carboxylic acids is 2. The van der Waals surface area contributed by atoms with Crippen molar-refractivity contribution in [1.82, 2.24) is 14.8 Å². The summed E-state index contributed by atoms with van der Waals surface area (Å²) < 4.78 is 57.1. The van der Waals surface area contributed by atoms with Crippen molar-refractivity contribution >= 4 is 34.5 Å². The topological polar surface area (TPSA) is 77.6 Å². The zero-order chi connectivity index (χ0) is 31.4. The molecule has 4 aromatic rings. The average Bonchev–Trinajstić information content (AvgIpc) is 3.54.